The second-order valence-electron chi connectivity index (χ2n) is 9.76. The Balaban J connectivity index is 1.70. The summed E-state index contributed by atoms with van der Waals surface area (Å²) >= 11 is 0. The fourth-order valence-electron chi connectivity index (χ4n) is 7.56. The van der Waals surface area contributed by atoms with Crippen molar-refractivity contribution < 1.29 is 9.90 Å². The molecule has 0 aromatic heterocycles. The molecular weight excluding hydrogens is 310 g/mol. The molecule has 0 bridgehead atoms. The summed E-state index contributed by atoms with van der Waals surface area (Å²) in [5.41, 5.74) is 1.71. The highest BCUT2D eigenvalue weighted by atomic mass is 16.3. The molecule has 4 aliphatic rings. The number of aliphatic hydroxyl groups excluding tert-OH is 1. The summed E-state index contributed by atoms with van der Waals surface area (Å²) in [6, 6.07) is 2.47. The summed E-state index contributed by atoms with van der Waals surface area (Å²) in [4.78, 5) is 12.4. The van der Waals surface area contributed by atoms with Gasteiger partial charge in [0.1, 0.15) is 5.78 Å². The average Bonchev–Trinajstić information content (AvgIpc) is 2.88. The number of aliphatic hydroxyl groups is 1. The van der Waals surface area contributed by atoms with Gasteiger partial charge in [-0.05, 0) is 80.5 Å². The maximum atomic E-state index is 12.4. The van der Waals surface area contributed by atoms with Crippen LogP contribution in [0.15, 0.2) is 11.6 Å². The number of carbonyl (C=O) groups excluding carboxylic acids is 1. The molecule has 136 valence electrons. The van der Waals surface area contributed by atoms with Crippen LogP contribution >= 0.6 is 0 Å². The Kier molecular flexibility index (Phi) is 3.93. The summed E-state index contributed by atoms with van der Waals surface area (Å²) in [5.74, 6) is 1.79. The minimum absolute atomic E-state index is 0.00325. The van der Waals surface area contributed by atoms with Crippen LogP contribution in [-0.2, 0) is 4.79 Å². The number of rotatable bonds is 1. The molecule has 3 saturated carbocycles. The Morgan fingerprint density at radius 1 is 1.28 bits per heavy atom. The van der Waals surface area contributed by atoms with Crippen molar-refractivity contribution in [2.75, 3.05) is 0 Å². The van der Waals surface area contributed by atoms with Crippen LogP contribution in [0.1, 0.15) is 65.7 Å². The highest BCUT2D eigenvalue weighted by molar-refractivity contribution is 5.80. The molecule has 8 atom stereocenters. The van der Waals surface area contributed by atoms with Gasteiger partial charge in [-0.2, -0.15) is 5.26 Å². The van der Waals surface area contributed by atoms with E-state index in [1.165, 1.54) is 12.0 Å². The van der Waals surface area contributed by atoms with Crippen molar-refractivity contribution in [3.63, 3.8) is 0 Å². The van der Waals surface area contributed by atoms with Gasteiger partial charge in [0.25, 0.3) is 0 Å². The maximum absolute atomic E-state index is 12.4. The Morgan fingerprint density at radius 3 is 2.72 bits per heavy atom. The van der Waals surface area contributed by atoms with Gasteiger partial charge in [-0.1, -0.05) is 25.5 Å². The van der Waals surface area contributed by atoms with Gasteiger partial charge in [0.2, 0.25) is 0 Å². The van der Waals surface area contributed by atoms with E-state index < -0.39 is 0 Å². The molecule has 0 aromatic carbocycles. The van der Waals surface area contributed by atoms with Crippen LogP contribution in [0, 0.1) is 51.8 Å². The smallest absolute Gasteiger partial charge is 0.134 e. The summed E-state index contributed by atoms with van der Waals surface area (Å²) in [7, 11) is 0. The zero-order chi connectivity index (χ0) is 18.0. The van der Waals surface area contributed by atoms with Crippen molar-refractivity contribution in [1.29, 1.82) is 5.26 Å². The number of hydrogen-bond acceptors (Lipinski definition) is 3. The number of nitriles is 1. The van der Waals surface area contributed by atoms with E-state index in [1.807, 2.05) is 0 Å². The Labute approximate surface area is 151 Å². The normalized spacial score (nSPS) is 51.6. The standard InChI is InChI=1S/C22H31NO2/c1-13(24)20-14(12-23)10-19-17-5-4-15-11-16(25)6-8-21(15,2)18(17)7-9-22(19,20)3/h4,14,16-20,25H,5-11H2,1-3H3/t14-,16+,17-,18+,19+,20+,21+,22+/m1/s1. The SMILES string of the molecule is CC(=O)[C@H]1[C@@H](C#N)C[C@H]2[C@@H]3CC=C4C[C@@H](O)CC[C@]4(C)[C@H]3CC[C@@]21C. The first-order valence-corrected chi connectivity index (χ1v) is 10.1. The van der Waals surface area contributed by atoms with Gasteiger partial charge in [-0.25, -0.2) is 0 Å². The van der Waals surface area contributed by atoms with E-state index in [2.05, 4.69) is 26.0 Å². The summed E-state index contributed by atoms with van der Waals surface area (Å²) in [6.45, 7) is 6.41. The quantitative estimate of drug-likeness (QED) is 0.725. The lowest BCUT2D eigenvalue weighted by atomic mass is 9.47. The number of hydrogen-bond donors (Lipinski definition) is 1. The third-order valence-electron chi connectivity index (χ3n) is 8.74. The van der Waals surface area contributed by atoms with E-state index >= 15 is 0 Å². The molecule has 0 aliphatic heterocycles. The molecule has 1 N–H and O–H groups in total. The van der Waals surface area contributed by atoms with Gasteiger partial charge in [-0.15, -0.1) is 0 Å². The number of nitrogens with zero attached hydrogens (tertiary/aromatic N) is 1. The van der Waals surface area contributed by atoms with Crippen molar-refractivity contribution in [2.45, 2.75) is 71.8 Å². The molecule has 0 spiro atoms. The van der Waals surface area contributed by atoms with Crippen LogP contribution in [0.3, 0.4) is 0 Å². The van der Waals surface area contributed by atoms with Gasteiger partial charge in [0.05, 0.1) is 18.1 Å². The highest BCUT2D eigenvalue weighted by Gasteiger charge is 2.62. The number of allylic oxidation sites excluding steroid dienone is 1. The van der Waals surface area contributed by atoms with Gasteiger partial charge in [-0.3, -0.25) is 4.79 Å². The molecule has 0 saturated heterocycles. The van der Waals surface area contributed by atoms with Crippen LogP contribution < -0.4 is 0 Å². The van der Waals surface area contributed by atoms with Crippen LogP contribution in [0.5, 0.6) is 0 Å². The Hall–Kier alpha value is -1.14. The molecular formula is C22H31NO2. The van der Waals surface area contributed by atoms with Crippen LogP contribution in [0.25, 0.3) is 0 Å². The number of fused-ring (bicyclic) bond motifs is 5. The molecule has 0 unspecified atom stereocenters. The average molecular weight is 341 g/mol. The highest BCUT2D eigenvalue weighted by Crippen LogP contribution is 2.67. The van der Waals surface area contributed by atoms with Crippen LogP contribution in [-0.4, -0.2) is 17.0 Å². The van der Waals surface area contributed by atoms with E-state index in [4.69, 9.17) is 0 Å². The van der Waals surface area contributed by atoms with Crippen molar-refractivity contribution >= 4 is 5.78 Å². The number of ketones is 1. The topological polar surface area (TPSA) is 61.1 Å². The number of Topliss-reactive ketones (excluding diaryl/α,β-unsaturated/α-hetero) is 1. The summed E-state index contributed by atoms with van der Waals surface area (Å²) in [5, 5.41) is 19.8. The fourth-order valence-corrected chi connectivity index (χ4v) is 7.56. The second-order valence-corrected chi connectivity index (χ2v) is 9.76. The molecule has 0 heterocycles. The Morgan fingerprint density at radius 2 is 2.04 bits per heavy atom. The predicted octanol–water partition coefficient (Wildman–Crippen LogP) is 4.26. The van der Waals surface area contributed by atoms with Crippen molar-refractivity contribution in [2.24, 2.45) is 40.4 Å². The van der Waals surface area contributed by atoms with Gasteiger partial charge in [0.15, 0.2) is 0 Å². The molecule has 3 nitrogen and oxygen atoms in total. The minimum atomic E-state index is -0.165. The monoisotopic (exact) mass is 341 g/mol. The summed E-state index contributed by atoms with van der Waals surface area (Å²) in [6.07, 6.45) is 9.32. The lowest BCUT2D eigenvalue weighted by molar-refractivity contribution is -0.128. The van der Waals surface area contributed by atoms with Gasteiger partial charge >= 0.3 is 0 Å². The van der Waals surface area contributed by atoms with Crippen molar-refractivity contribution in [3.8, 4) is 6.07 Å². The molecule has 0 radical (unpaired) electrons. The first-order chi connectivity index (χ1) is 11.8. The zero-order valence-corrected chi connectivity index (χ0v) is 15.8. The van der Waals surface area contributed by atoms with E-state index in [1.54, 1.807) is 6.92 Å². The molecule has 4 rings (SSSR count). The second kappa shape index (κ2) is 5.68. The van der Waals surface area contributed by atoms with E-state index in [0.717, 1.165) is 38.5 Å². The third-order valence-corrected chi connectivity index (χ3v) is 8.74. The predicted molar refractivity (Wildman–Crippen MR) is 96.4 cm³/mol. The zero-order valence-electron chi connectivity index (χ0n) is 15.8. The van der Waals surface area contributed by atoms with E-state index in [9.17, 15) is 15.2 Å². The molecule has 3 fully saturated rings. The van der Waals surface area contributed by atoms with Gasteiger partial charge in [0, 0.05) is 5.92 Å². The first-order valence-electron chi connectivity index (χ1n) is 10.1. The van der Waals surface area contributed by atoms with E-state index in [-0.39, 0.29) is 34.6 Å². The Bertz CT molecular complexity index is 661. The van der Waals surface area contributed by atoms with Crippen molar-refractivity contribution in [1.82, 2.24) is 0 Å². The molecule has 4 aliphatic carbocycles. The van der Waals surface area contributed by atoms with Crippen LogP contribution in [0.2, 0.25) is 0 Å². The van der Waals surface area contributed by atoms with Crippen molar-refractivity contribution in [3.05, 3.63) is 11.6 Å². The lowest BCUT2D eigenvalue weighted by Crippen LogP contribution is -2.51. The molecule has 25 heavy (non-hydrogen) atoms. The minimum Gasteiger partial charge on any atom is -0.393 e. The maximum Gasteiger partial charge on any atom is 0.134 e. The molecule has 3 heteroatoms. The third kappa shape index (κ3) is 2.29. The summed E-state index contributed by atoms with van der Waals surface area (Å²) < 4.78 is 0. The van der Waals surface area contributed by atoms with E-state index in [0.29, 0.717) is 17.8 Å². The number of carbonyl (C=O) groups is 1. The fraction of sp³-hybridized carbons (Fsp3) is 0.818. The molecule has 0 aromatic rings. The largest absolute Gasteiger partial charge is 0.393 e. The van der Waals surface area contributed by atoms with Crippen LogP contribution in [0.4, 0.5) is 0 Å². The molecule has 0 amide bonds. The lowest BCUT2D eigenvalue weighted by Gasteiger charge is -2.57. The first kappa shape index (κ1) is 17.3. The van der Waals surface area contributed by atoms with Gasteiger partial charge < -0.3 is 5.11 Å².